The molecule has 2 amide bonds. The summed E-state index contributed by atoms with van der Waals surface area (Å²) < 4.78 is 5.20. The van der Waals surface area contributed by atoms with Crippen LogP contribution in [0.15, 0.2) is 30.3 Å². The van der Waals surface area contributed by atoms with E-state index in [0.717, 1.165) is 18.4 Å². The molecular formula is C18H28N2O3. The minimum absolute atomic E-state index is 0.0309. The second kappa shape index (κ2) is 9.87. The van der Waals surface area contributed by atoms with Gasteiger partial charge in [0, 0.05) is 6.04 Å². The van der Waals surface area contributed by atoms with E-state index in [2.05, 4.69) is 10.6 Å². The smallest absolute Gasteiger partial charge is 0.408 e. The van der Waals surface area contributed by atoms with Gasteiger partial charge in [-0.15, -0.1) is 0 Å². The molecule has 2 N–H and O–H groups in total. The van der Waals surface area contributed by atoms with Gasteiger partial charge in [-0.3, -0.25) is 4.79 Å². The summed E-state index contributed by atoms with van der Waals surface area (Å²) in [5, 5.41) is 5.61. The van der Waals surface area contributed by atoms with Crippen molar-refractivity contribution in [2.24, 2.45) is 5.92 Å². The first-order chi connectivity index (χ1) is 11.0. The highest BCUT2D eigenvalue weighted by Crippen LogP contribution is 2.09. The molecule has 0 spiro atoms. The first kappa shape index (κ1) is 19.0. The Balaban J connectivity index is 2.58. The van der Waals surface area contributed by atoms with E-state index in [-0.39, 0.29) is 24.5 Å². The van der Waals surface area contributed by atoms with E-state index in [1.54, 1.807) is 0 Å². The number of hydrogen-bond acceptors (Lipinski definition) is 3. The van der Waals surface area contributed by atoms with Gasteiger partial charge < -0.3 is 15.4 Å². The number of rotatable bonds is 8. The van der Waals surface area contributed by atoms with Crippen LogP contribution in [0.1, 0.15) is 46.1 Å². The molecule has 0 heterocycles. The first-order valence-corrected chi connectivity index (χ1v) is 8.25. The largest absolute Gasteiger partial charge is 0.445 e. The van der Waals surface area contributed by atoms with Crippen LogP contribution in [0.4, 0.5) is 4.79 Å². The number of hydrogen-bond donors (Lipinski definition) is 2. The van der Waals surface area contributed by atoms with Gasteiger partial charge in [0.15, 0.2) is 0 Å². The summed E-state index contributed by atoms with van der Waals surface area (Å²) in [7, 11) is 0. The highest BCUT2D eigenvalue weighted by atomic mass is 16.5. The molecule has 3 atom stereocenters. The summed E-state index contributed by atoms with van der Waals surface area (Å²) >= 11 is 0. The summed E-state index contributed by atoms with van der Waals surface area (Å²) in [5.41, 5.74) is 0.909. The second-order valence-corrected chi connectivity index (χ2v) is 5.89. The average Bonchev–Trinajstić information content (AvgIpc) is 2.57. The summed E-state index contributed by atoms with van der Waals surface area (Å²) in [6.07, 6.45) is 1.06. The Kier molecular flexibility index (Phi) is 8.16. The van der Waals surface area contributed by atoms with E-state index in [1.165, 1.54) is 0 Å². The molecule has 1 aromatic rings. The Bertz CT molecular complexity index is 490. The number of benzene rings is 1. The van der Waals surface area contributed by atoms with Gasteiger partial charge in [-0.1, -0.05) is 57.5 Å². The molecule has 5 heteroatoms. The van der Waals surface area contributed by atoms with Crippen LogP contribution >= 0.6 is 0 Å². The topological polar surface area (TPSA) is 67.4 Å². The molecule has 128 valence electrons. The quantitative estimate of drug-likeness (QED) is 0.772. The fourth-order valence-corrected chi connectivity index (χ4v) is 2.03. The third-order valence-corrected chi connectivity index (χ3v) is 3.98. The van der Waals surface area contributed by atoms with Gasteiger partial charge in [-0.25, -0.2) is 4.79 Å². The lowest BCUT2D eigenvalue weighted by Crippen LogP contribution is -2.52. The van der Waals surface area contributed by atoms with Crippen LogP contribution in [0.3, 0.4) is 0 Å². The molecule has 0 aromatic heterocycles. The Hall–Kier alpha value is -2.04. The van der Waals surface area contributed by atoms with Crippen LogP contribution in [0.5, 0.6) is 0 Å². The maximum absolute atomic E-state index is 12.3. The fraction of sp³-hybridized carbons (Fsp3) is 0.556. The monoisotopic (exact) mass is 320 g/mol. The molecule has 1 rings (SSSR count). The van der Waals surface area contributed by atoms with E-state index < -0.39 is 12.1 Å². The van der Waals surface area contributed by atoms with Gasteiger partial charge in [0.1, 0.15) is 12.6 Å². The SMILES string of the molecule is CC[C@@H](C)[C@H](NC(=O)OCc1ccccc1)C(=O)N[C@@H](C)CC. The first-order valence-electron chi connectivity index (χ1n) is 8.25. The van der Waals surface area contributed by atoms with E-state index >= 15 is 0 Å². The lowest BCUT2D eigenvalue weighted by molar-refractivity contribution is -0.124. The van der Waals surface area contributed by atoms with E-state index in [9.17, 15) is 9.59 Å². The van der Waals surface area contributed by atoms with Gasteiger partial charge in [0.05, 0.1) is 0 Å². The summed E-state index contributed by atoms with van der Waals surface area (Å²) in [5.74, 6) is -0.131. The van der Waals surface area contributed by atoms with Crippen LogP contribution in [0, 0.1) is 5.92 Å². The molecule has 0 unspecified atom stereocenters. The molecule has 0 fully saturated rings. The van der Waals surface area contributed by atoms with Crippen LogP contribution in [0.25, 0.3) is 0 Å². The van der Waals surface area contributed by atoms with Crippen molar-refractivity contribution in [2.45, 2.75) is 59.2 Å². The summed E-state index contributed by atoms with van der Waals surface area (Å²) in [6, 6.07) is 8.94. The van der Waals surface area contributed by atoms with Gasteiger partial charge in [-0.2, -0.15) is 0 Å². The number of carbonyl (C=O) groups excluding carboxylic acids is 2. The molecule has 23 heavy (non-hydrogen) atoms. The summed E-state index contributed by atoms with van der Waals surface area (Å²) in [4.78, 5) is 24.3. The Labute approximate surface area is 138 Å². The molecule has 0 bridgehead atoms. The van der Waals surface area contributed by atoms with Crippen molar-refractivity contribution >= 4 is 12.0 Å². The number of amides is 2. The van der Waals surface area contributed by atoms with Crippen LogP contribution in [-0.4, -0.2) is 24.1 Å². The standard InChI is InChI=1S/C18H28N2O3/c1-5-13(3)16(17(21)19-14(4)6-2)20-18(22)23-12-15-10-8-7-9-11-15/h7-11,13-14,16H,5-6,12H2,1-4H3,(H,19,21)(H,20,22)/t13-,14+,16+/m1/s1. The number of carbonyl (C=O) groups is 2. The predicted molar refractivity (Wildman–Crippen MR) is 90.9 cm³/mol. The van der Waals surface area contributed by atoms with Crippen LogP contribution in [-0.2, 0) is 16.1 Å². The molecule has 0 aliphatic heterocycles. The van der Waals surface area contributed by atoms with Crippen molar-refractivity contribution < 1.29 is 14.3 Å². The molecule has 1 aromatic carbocycles. The molecule has 0 radical (unpaired) electrons. The molecular weight excluding hydrogens is 292 g/mol. The minimum atomic E-state index is -0.586. The predicted octanol–water partition coefficient (Wildman–Crippen LogP) is 3.24. The average molecular weight is 320 g/mol. The van der Waals surface area contributed by atoms with Gasteiger partial charge in [-0.05, 0) is 24.8 Å². The minimum Gasteiger partial charge on any atom is -0.445 e. The van der Waals surface area contributed by atoms with Gasteiger partial charge in [0.25, 0.3) is 0 Å². The van der Waals surface area contributed by atoms with Gasteiger partial charge in [0.2, 0.25) is 5.91 Å². The molecule has 0 saturated heterocycles. The van der Waals surface area contributed by atoms with Crippen LogP contribution in [0.2, 0.25) is 0 Å². The molecule has 0 aliphatic rings. The van der Waals surface area contributed by atoms with Gasteiger partial charge >= 0.3 is 6.09 Å². The summed E-state index contributed by atoms with van der Waals surface area (Å²) in [6.45, 7) is 8.07. The van der Waals surface area contributed by atoms with E-state index in [1.807, 2.05) is 58.0 Å². The molecule has 0 saturated carbocycles. The lowest BCUT2D eigenvalue weighted by Gasteiger charge is -2.24. The maximum atomic E-state index is 12.3. The third kappa shape index (κ3) is 6.72. The van der Waals surface area contributed by atoms with E-state index in [4.69, 9.17) is 4.74 Å². The third-order valence-electron chi connectivity index (χ3n) is 3.98. The van der Waals surface area contributed by atoms with Crippen molar-refractivity contribution in [2.75, 3.05) is 0 Å². The van der Waals surface area contributed by atoms with Crippen molar-refractivity contribution in [1.82, 2.24) is 10.6 Å². The lowest BCUT2D eigenvalue weighted by atomic mass is 9.98. The van der Waals surface area contributed by atoms with E-state index in [0.29, 0.717) is 0 Å². The van der Waals surface area contributed by atoms with Crippen molar-refractivity contribution in [3.63, 3.8) is 0 Å². The zero-order valence-corrected chi connectivity index (χ0v) is 14.5. The van der Waals surface area contributed by atoms with Crippen molar-refractivity contribution in [3.05, 3.63) is 35.9 Å². The Morgan fingerprint density at radius 2 is 1.70 bits per heavy atom. The van der Waals surface area contributed by atoms with Crippen LogP contribution < -0.4 is 10.6 Å². The highest BCUT2D eigenvalue weighted by molar-refractivity contribution is 5.86. The molecule has 5 nitrogen and oxygen atoms in total. The Morgan fingerprint density at radius 3 is 2.26 bits per heavy atom. The molecule has 0 aliphatic carbocycles. The number of alkyl carbamates (subject to hydrolysis) is 1. The van der Waals surface area contributed by atoms with Crippen molar-refractivity contribution in [1.29, 1.82) is 0 Å². The zero-order chi connectivity index (χ0) is 17.2. The highest BCUT2D eigenvalue weighted by Gasteiger charge is 2.27. The zero-order valence-electron chi connectivity index (χ0n) is 14.5. The maximum Gasteiger partial charge on any atom is 0.408 e. The van der Waals surface area contributed by atoms with Crippen molar-refractivity contribution in [3.8, 4) is 0 Å². The number of ether oxygens (including phenoxy) is 1. The number of nitrogens with one attached hydrogen (secondary N) is 2. The fourth-order valence-electron chi connectivity index (χ4n) is 2.03. The second-order valence-electron chi connectivity index (χ2n) is 5.89. The normalized spacial score (nSPS) is 14.4. The Morgan fingerprint density at radius 1 is 1.04 bits per heavy atom.